The normalized spacial score (nSPS) is 9.69. The van der Waals surface area contributed by atoms with Gasteiger partial charge in [-0.05, 0) is 31.5 Å². The monoisotopic (exact) mass is 217 g/mol. The van der Waals surface area contributed by atoms with Crippen LogP contribution in [-0.4, -0.2) is 19.7 Å². The molecule has 1 N–H and O–H groups in total. The lowest BCUT2D eigenvalue weighted by molar-refractivity contribution is 0.313. The number of nitrogens with one attached hydrogen (secondary N) is 1. The lowest BCUT2D eigenvalue weighted by Gasteiger charge is -2.06. The van der Waals surface area contributed by atoms with Crippen LogP contribution in [0.15, 0.2) is 30.3 Å². The Balaban J connectivity index is 1.91. The van der Waals surface area contributed by atoms with Crippen LogP contribution in [-0.2, 0) is 0 Å². The third-order valence-electron chi connectivity index (χ3n) is 2.22. The minimum Gasteiger partial charge on any atom is -0.492 e. The second-order valence-corrected chi connectivity index (χ2v) is 3.57. The van der Waals surface area contributed by atoms with Crippen LogP contribution in [0.3, 0.4) is 0 Å². The first-order chi connectivity index (χ1) is 7.93. The van der Waals surface area contributed by atoms with Crippen LogP contribution < -0.4 is 10.1 Å². The van der Waals surface area contributed by atoms with Gasteiger partial charge in [0.15, 0.2) is 0 Å². The fourth-order valence-electron chi connectivity index (χ4n) is 1.36. The molecule has 0 bridgehead atoms. The average molecular weight is 217 g/mol. The molecule has 0 unspecified atom stereocenters. The van der Waals surface area contributed by atoms with Gasteiger partial charge in [0.25, 0.3) is 0 Å². The van der Waals surface area contributed by atoms with Gasteiger partial charge in [0, 0.05) is 13.0 Å². The van der Waals surface area contributed by atoms with E-state index in [1.807, 2.05) is 30.3 Å². The van der Waals surface area contributed by atoms with Gasteiger partial charge in [0.1, 0.15) is 12.4 Å². The molecule has 0 aromatic heterocycles. The second-order valence-electron chi connectivity index (χ2n) is 3.57. The highest BCUT2D eigenvalue weighted by Crippen LogP contribution is 2.07. The molecule has 1 rings (SSSR count). The number of terminal acetylenes is 1. The first-order valence-corrected chi connectivity index (χ1v) is 5.75. The van der Waals surface area contributed by atoms with E-state index < -0.39 is 0 Å². The molecule has 0 heterocycles. The summed E-state index contributed by atoms with van der Waals surface area (Å²) in [6, 6.07) is 9.86. The van der Waals surface area contributed by atoms with Gasteiger partial charge in [-0.1, -0.05) is 18.2 Å². The van der Waals surface area contributed by atoms with E-state index in [9.17, 15) is 0 Å². The summed E-state index contributed by atoms with van der Waals surface area (Å²) < 4.78 is 5.54. The first kappa shape index (κ1) is 12.6. The van der Waals surface area contributed by atoms with Crippen molar-refractivity contribution in [1.82, 2.24) is 5.32 Å². The Morgan fingerprint density at radius 2 is 1.94 bits per heavy atom. The average Bonchev–Trinajstić information content (AvgIpc) is 2.34. The lowest BCUT2D eigenvalue weighted by atomic mass is 10.2. The highest BCUT2D eigenvalue weighted by molar-refractivity contribution is 5.20. The number of hydrogen-bond donors (Lipinski definition) is 1. The Morgan fingerprint density at radius 1 is 1.12 bits per heavy atom. The molecule has 0 aliphatic rings. The highest BCUT2D eigenvalue weighted by atomic mass is 16.5. The summed E-state index contributed by atoms with van der Waals surface area (Å²) in [6.07, 6.45) is 8.28. The van der Waals surface area contributed by atoms with Gasteiger partial charge in [0.05, 0.1) is 0 Å². The zero-order chi connectivity index (χ0) is 11.5. The topological polar surface area (TPSA) is 21.3 Å². The van der Waals surface area contributed by atoms with E-state index in [0.29, 0.717) is 6.61 Å². The van der Waals surface area contributed by atoms with Crippen LogP contribution in [0.25, 0.3) is 0 Å². The van der Waals surface area contributed by atoms with E-state index in [0.717, 1.165) is 38.1 Å². The van der Waals surface area contributed by atoms with E-state index >= 15 is 0 Å². The molecule has 86 valence electrons. The van der Waals surface area contributed by atoms with Crippen molar-refractivity contribution in [1.29, 1.82) is 0 Å². The molecule has 1 aromatic carbocycles. The minimum atomic E-state index is 0.707. The van der Waals surface area contributed by atoms with E-state index in [2.05, 4.69) is 11.2 Å². The van der Waals surface area contributed by atoms with Gasteiger partial charge in [-0.25, -0.2) is 0 Å². The van der Waals surface area contributed by atoms with Crippen LogP contribution in [0.2, 0.25) is 0 Å². The maximum atomic E-state index is 5.54. The number of hydrogen-bond acceptors (Lipinski definition) is 2. The molecule has 2 heteroatoms. The van der Waals surface area contributed by atoms with Crippen molar-refractivity contribution in [3.63, 3.8) is 0 Å². The van der Waals surface area contributed by atoms with Crippen LogP contribution in [0.5, 0.6) is 5.75 Å². The molecular weight excluding hydrogens is 198 g/mol. The number of ether oxygens (including phenoxy) is 1. The number of benzene rings is 1. The fourth-order valence-corrected chi connectivity index (χ4v) is 1.36. The standard InChI is InChI=1S/C14H19NO/c1-2-3-4-8-11-15-12-13-16-14-9-6-5-7-10-14/h1,5-7,9-10,15H,3-4,8,11-13H2. The Hall–Kier alpha value is -1.46. The van der Waals surface area contributed by atoms with Crippen molar-refractivity contribution in [2.24, 2.45) is 0 Å². The van der Waals surface area contributed by atoms with Crippen molar-refractivity contribution in [3.05, 3.63) is 30.3 Å². The van der Waals surface area contributed by atoms with Crippen LogP contribution in [0, 0.1) is 12.3 Å². The largest absolute Gasteiger partial charge is 0.492 e. The molecule has 0 amide bonds. The van der Waals surface area contributed by atoms with E-state index in [-0.39, 0.29) is 0 Å². The van der Waals surface area contributed by atoms with Crippen LogP contribution in [0.4, 0.5) is 0 Å². The summed E-state index contributed by atoms with van der Waals surface area (Å²) in [6.45, 7) is 2.60. The Bertz CT molecular complexity index is 302. The fraction of sp³-hybridized carbons (Fsp3) is 0.429. The minimum absolute atomic E-state index is 0.707. The van der Waals surface area contributed by atoms with Crippen molar-refractivity contribution >= 4 is 0 Å². The molecular formula is C14H19NO. The van der Waals surface area contributed by atoms with Crippen LogP contribution in [0.1, 0.15) is 19.3 Å². The summed E-state index contributed by atoms with van der Waals surface area (Å²) in [7, 11) is 0. The lowest BCUT2D eigenvalue weighted by Crippen LogP contribution is -2.22. The summed E-state index contributed by atoms with van der Waals surface area (Å²) in [5.41, 5.74) is 0. The van der Waals surface area contributed by atoms with Crippen molar-refractivity contribution < 1.29 is 4.74 Å². The summed E-state index contributed by atoms with van der Waals surface area (Å²) in [5.74, 6) is 3.57. The predicted molar refractivity (Wildman–Crippen MR) is 67.5 cm³/mol. The molecule has 0 saturated heterocycles. The molecule has 16 heavy (non-hydrogen) atoms. The Labute approximate surface area is 98.0 Å². The van der Waals surface area contributed by atoms with Crippen molar-refractivity contribution in [2.45, 2.75) is 19.3 Å². The van der Waals surface area contributed by atoms with Gasteiger partial charge in [-0.15, -0.1) is 12.3 Å². The number of unbranched alkanes of at least 4 members (excludes halogenated alkanes) is 2. The Kier molecular flexibility index (Phi) is 6.95. The summed E-state index contributed by atoms with van der Waals surface area (Å²) in [4.78, 5) is 0. The van der Waals surface area contributed by atoms with Gasteiger partial charge in [-0.2, -0.15) is 0 Å². The Morgan fingerprint density at radius 3 is 2.69 bits per heavy atom. The molecule has 0 aliphatic heterocycles. The first-order valence-electron chi connectivity index (χ1n) is 5.75. The smallest absolute Gasteiger partial charge is 0.119 e. The van der Waals surface area contributed by atoms with E-state index in [1.165, 1.54) is 0 Å². The molecule has 0 atom stereocenters. The predicted octanol–water partition coefficient (Wildman–Crippen LogP) is 2.46. The van der Waals surface area contributed by atoms with Gasteiger partial charge >= 0.3 is 0 Å². The second kappa shape index (κ2) is 8.82. The molecule has 0 saturated carbocycles. The zero-order valence-electron chi connectivity index (χ0n) is 9.61. The maximum absolute atomic E-state index is 5.54. The molecule has 0 fully saturated rings. The molecule has 0 aliphatic carbocycles. The summed E-state index contributed by atoms with van der Waals surface area (Å²) in [5, 5.41) is 3.32. The highest BCUT2D eigenvalue weighted by Gasteiger charge is 1.91. The zero-order valence-corrected chi connectivity index (χ0v) is 9.61. The summed E-state index contributed by atoms with van der Waals surface area (Å²) >= 11 is 0. The molecule has 1 aromatic rings. The maximum Gasteiger partial charge on any atom is 0.119 e. The van der Waals surface area contributed by atoms with E-state index in [1.54, 1.807) is 0 Å². The SMILES string of the molecule is C#CCCCCNCCOc1ccccc1. The van der Waals surface area contributed by atoms with E-state index in [4.69, 9.17) is 11.2 Å². The quantitative estimate of drug-likeness (QED) is 0.533. The third kappa shape index (κ3) is 6.10. The van der Waals surface area contributed by atoms with Crippen LogP contribution >= 0.6 is 0 Å². The van der Waals surface area contributed by atoms with Crippen molar-refractivity contribution in [2.75, 3.05) is 19.7 Å². The molecule has 2 nitrogen and oxygen atoms in total. The molecule has 0 radical (unpaired) electrons. The third-order valence-corrected chi connectivity index (χ3v) is 2.22. The molecule has 0 spiro atoms. The number of rotatable bonds is 8. The van der Waals surface area contributed by atoms with Gasteiger partial charge in [0.2, 0.25) is 0 Å². The van der Waals surface area contributed by atoms with Gasteiger partial charge in [-0.3, -0.25) is 0 Å². The van der Waals surface area contributed by atoms with Crippen molar-refractivity contribution in [3.8, 4) is 18.1 Å². The van der Waals surface area contributed by atoms with Gasteiger partial charge < -0.3 is 10.1 Å². The number of para-hydroxylation sites is 1.